The van der Waals surface area contributed by atoms with Crippen LogP contribution in [0.15, 0.2) is 53.7 Å². The number of methoxy groups -OCH3 is 1. The Morgan fingerprint density at radius 1 is 1.20 bits per heavy atom. The van der Waals surface area contributed by atoms with Crippen molar-refractivity contribution >= 4 is 40.3 Å². The van der Waals surface area contributed by atoms with Gasteiger partial charge in [0.15, 0.2) is 5.16 Å². The molecule has 0 fully saturated rings. The molecule has 1 N–H and O–H groups in total. The van der Waals surface area contributed by atoms with E-state index in [0.29, 0.717) is 18.8 Å². The third-order valence-electron chi connectivity index (χ3n) is 4.40. The summed E-state index contributed by atoms with van der Waals surface area (Å²) in [6, 6.07) is 13.2. The van der Waals surface area contributed by atoms with Crippen LogP contribution in [0.25, 0.3) is 11.0 Å². The fourth-order valence-electron chi connectivity index (χ4n) is 2.84. The van der Waals surface area contributed by atoms with Crippen LogP contribution >= 0.6 is 11.8 Å². The van der Waals surface area contributed by atoms with E-state index >= 15 is 0 Å². The number of aromatic nitrogens is 2. The Balaban J connectivity index is 1.58. The maximum absolute atomic E-state index is 12.9. The Morgan fingerprint density at radius 3 is 2.67 bits per heavy atom. The number of rotatable bonds is 9. The average molecular weight is 431 g/mol. The van der Waals surface area contributed by atoms with Crippen LogP contribution in [0, 0.1) is 5.82 Å². The Bertz CT molecular complexity index is 1020. The first kappa shape index (κ1) is 21.8. The first-order chi connectivity index (χ1) is 14.5. The van der Waals surface area contributed by atoms with Crippen LogP contribution in [0.3, 0.4) is 0 Å². The molecule has 3 aromatic rings. The highest BCUT2D eigenvalue weighted by Crippen LogP contribution is 2.24. The van der Waals surface area contributed by atoms with Crippen molar-refractivity contribution in [2.24, 2.45) is 0 Å². The smallest absolute Gasteiger partial charge is 0.243 e. The molecular formula is C21H23FN4O3S. The monoisotopic (exact) mass is 430 g/mol. The molecule has 0 bridgehead atoms. The lowest BCUT2D eigenvalue weighted by Crippen LogP contribution is -2.36. The molecule has 0 aliphatic rings. The van der Waals surface area contributed by atoms with Crippen molar-refractivity contribution in [2.45, 2.75) is 11.7 Å². The highest BCUT2D eigenvalue weighted by atomic mass is 32.2. The Kier molecular flexibility index (Phi) is 7.42. The lowest BCUT2D eigenvalue weighted by molar-refractivity contribution is -0.131. The van der Waals surface area contributed by atoms with E-state index in [9.17, 15) is 14.0 Å². The Labute approximate surface area is 178 Å². The number of ether oxygens (including phenoxy) is 1. The number of hydrogen-bond donors (Lipinski definition) is 1. The number of carbonyl (C=O) groups excluding carboxylic acids is 2. The zero-order valence-corrected chi connectivity index (χ0v) is 17.6. The molecule has 30 heavy (non-hydrogen) atoms. The number of hydrogen-bond acceptors (Lipinski definition) is 5. The number of nitrogens with zero attached hydrogens (tertiary/aromatic N) is 3. The number of carbonyl (C=O) groups is 2. The van der Waals surface area contributed by atoms with Crippen molar-refractivity contribution in [3.63, 3.8) is 0 Å². The summed E-state index contributed by atoms with van der Waals surface area (Å²) in [5.41, 5.74) is 2.32. The number of thioether (sulfide) groups is 1. The molecular weight excluding hydrogens is 407 g/mol. The van der Waals surface area contributed by atoms with E-state index in [1.54, 1.807) is 14.2 Å². The van der Waals surface area contributed by atoms with Gasteiger partial charge in [-0.1, -0.05) is 23.9 Å². The highest BCUT2D eigenvalue weighted by Gasteiger charge is 2.17. The van der Waals surface area contributed by atoms with Crippen LogP contribution in [0.4, 0.5) is 10.1 Å². The molecule has 0 saturated carbocycles. The van der Waals surface area contributed by atoms with Crippen molar-refractivity contribution < 1.29 is 18.7 Å². The maximum Gasteiger partial charge on any atom is 0.243 e. The van der Waals surface area contributed by atoms with Crippen LogP contribution in [-0.2, 0) is 20.9 Å². The summed E-state index contributed by atoms with van der Waals surface area (Å²) in [4.78, 5) is 30.6. The number of imidazole rings is 1. The fourth-order valence-corrected chi connectivity index (χ4v) is 3.82. The van der Waals surface area contributed by atoms with Crippen LogP contribution in [0.1, 0.15) is 0 Å². The van der Waals surface area contributed by atoms with Gasteiger partial charge in [-0.2, -0.15) is 0 Å². The second-order valence-electron chi connectivity index (χ2n) is 6.62. The molecule has 9 heteroatoms. The van der Waals surface area contributed by atoms with E-state index in [-0.39, 0.29) is 29.9 Å². The molecule has 1 heterocycles. The standard InChI is InChI=1S/C21H23FN4O3S/c1-25(13-19(27)23-16-9-7-15(22)8-10-16)20(28)14-30-21-24-17-5-3-4-6-18(17)26(21)11-12-29-2/h3-10H,11-14H2,1-2H3,(H,23,27). The summed E-state index contributed by atoms with van der Waals surface area (Å²) < 4.78 is 20.2. The molecule has 7 nitrogen and oxygen atoms in total. The van der Waals surface area contributed by atoms with Crippen molar-refractivity contribution in [1.82, 2.24) is 14.5 Å². The summed E-state index contributed by atoms with van der Waals surface area (Å²) in [5, 5.41) is 3.37. The second kappa shape index (κ2) is 10.2. The van der Waals surface area contributed by atoms with Gasteiger partial charge < -0.3 is 19.5 Å². The van der Waals surface area contributed by atoms with Gasteiger partial charge in [-0.25, -0.2) is 9.37 Å². The lowest BCUT2D eigenvalue weighted by Gasteiger charge is -2.17. The predicted octanol–water partition coefficient (Wildman–Crippen LogP) is 3.01. The summed E-state index contributed by atoms with van der Waals surface area (Å²) in [5.74, 6) is -0.778. The molecule has 0 atom stereocenters. The average Bonchev–Trinajstić information content (AvgIpc) is 3.09. The largest absolute Gasteiger partial charge is 0.383 e. The SMILES string of the molecule is COCCn1c(SCC(=O)N(C)CC(=O)Nc2ccc(F)cc2)nc2ccccc21. The fraction of sp³-hybridized carbons (Fsp3) is 0.286. The van der Waals surface area contributed by atoms with Crippen LogP contribution in [0.2, 0.25) is 0 Å². The van der Waals surface area contributed by atoms with Crippen molar-refractivity contribution in [1.29, 1.82) is 0 Å². The summed E-state index contributed by atoms with van der Waals surface area (Å²) in [6.07, 6.45) is 0. The van der Waals surface area contributed by atoms with Gasteiger partial charge in [0, 0.05) is 26.4 Å². The van der Waals surface area contributed by atoms with Gasteiger partial charge in [0.25, 0.3) is 0 Å². The van der Waals surface area contributed by atoms with E-state index in [0.717, 1.165) is 16.2 Å². The molecule has 0 radical (unpaired) electrons. The molecule has 1 aromatic heterocycles. The summed E-state index contributed by atoms with van der Waals surface area (Å²) in [6.45, 7) is 1.06. The quantitative estimate of drug-likeness (QED) is 0.528. The van der Waals surface area contributed by atoms with Gasteiger partial charge in [-0.3, -0.25) is 9.59 Å². The molecule has 0 saturated heterocycles. The molecule has 158 valence electrons. The van der Waals surface area contributed by atoms with Crippen LogP contribution in [0.5, 0.6) is 0 Å². The minimum Gasteiger partial charge on any atom is -0.383 e. The van der Waals surface area contributed by atoms with Crippen LogP contribution < -0.4 is 5.32 Å². The molecule has 0 spiro atoms. The summed E-state index contributed by atoms with van der Waals surface area (Å²) >= 11 is 1.32. The summed E-state index contributed by atoms with van der Waals surface area (Å²) in [7, 11) is 3.21. The molecule has 3 rings (SSSR count). The number of amides is 2. The number of likely N-dealkylation sites (N-methyl/N-ethyl adjacent to an activating group) is 1. The normalized spacial score (nSPS) is 10.9. The Morgan fingerprint density at radius 2 is 1.93 bits per heavy atom. The molecule has 0 aliphatic carbocycles. The van der Waals surface area contributed by atoms with Gasteiger partial charge >= 0.3 is 0 Å². The molecule has 0 aliphatic heterocycles. The maximum atomic E-state index is 12.9. The first-order valence-electron chi connectivity index (χ1n) is 9.34. The third kappa shape index (κ3) is 5.58. The zero-order valence-electron chi connectivity index (χ0n) is 16.8. The van der Waals surface area contributed by atoms with Crippen molar-refractivity contribution in [3.05, 3.63) is 54.3 Å². The first-order valence-corrected chi connectivity index (χ1v) is 10.3. The van der Waals surface area contributed by atoms with Gasteiger partial charge in [0.2, 0.25) is 11.8 Å². The molecule has 2 amide bonds. The van der Waals surface area contributed by atoms with E-state index in [1.807, 2.05) is 28.8 Å². The van der Waals surface area contributed by atoms with E-state index in [1.165, 1.54) is 40.9 Å². The second-order valence-corrected chi connectivity index (χ2v) is 7.56. The third-order valence-corrected chi connectivity index (χ3v) is 5.36. The van der Waals surface area contributed by atoms with Gasteiger partial charge in [0.05, 0.1) is 29.9 Å². The van der Waals surface area contributed by atoms with Gasteiger partial charge in [-0.05, 0) is 36.4 Å². The number of para-hydroxylation sites is 2. The van der Waals surface area contributed by atoms with Gasteiger partial charge in [-0.15, -0.1) is 0 Å². The minimum absolute atomic E-state index is 0.100. The van der Waals surface area contributed by atoms with Gasteiger partial charge in [0.1, 0.15) is 5.82 Å². The highest BCUT2D eigenvalue weighted by molar-refractivity contribution is 7.99. The number of nitrogens with one attached hydrogen (secondary N) is 1. The van der Waals surface area contributed by atoms with E-state index in [2.05, 4.69) is 10.3 Å². The molecule has 2 aromatic carbocycles. The number of anilines is 1. The van der Waals surface area contributed by atoms with Crippen LogP contribution in [-0.4, -0.2) is 59.3 Å². The number of halogens is 1. The molecule has 0 unspecified atom stereocenters. The minimum atomic E-state index is -0.381. The van der Waals surface area contributed by atoms with E-state index < -0.39 is 0 Å². The zero-order chi connectivity index (χ0) is 21.5. The van der Waals surface area contributed by atoms with E-state index in [4.69, 9.17) is 4.74 Å². The lowest BCUT2D eigenvalue weighted by atomic mass is 10.3. The topological polar surface area (TPSA) is 76.5 Å². The Hall–Kier alpha value is -2.91. The van der Waals surface area contributed by atoms with Crippen molar-refractivity contribution in [3.8, 4) is 0 Å². The predicted molar refractivity (Wildman–Crippen MR) is 115 cm³/mol. The number of benzene rings is 2. The number of fused-ring (bicyclic) bond motifs is 1. The van der Waals surface area contributed by atoms with Crippen molar-refractivity contribution in [2.75, 3.05) is 38.4 Å².